The van der Waals surface area contributed by atoms with E-state index in [4.69, 9.17) is 10.8 Å². The van der Waals surface area contributed by atoms with Crippen molar-refractivity contribution in [1.29, 1.82) is 0 Å². The van der Waals surface area contributed by atoms with E-state index in [0.29, 0.717) is 13.0 Å². The van der Waals surface area contributed by atoms with E-state index in [1.54, 1.807) is 0 Å². The van der Waals surface area contributed by atoms with Gasteiger partial charge in [0.1, 0.15) is 6.67 Å². The van der Waals surface area contributed by atoms with Gasteiger partial charge in [-0.25, -0.2) is 4.39 Å². The number of benzene rings is 2. The SMILES string of the molecule is CC(=O)NCc1cccc(-c2ccc(CC(N)CF)cc2)c1.CO. The summed E-state index contributed by atoms with van der Waals surface area (Å²) >= 11 is 0. The normalized spacial score (nSPS) is 11.2. The topological polar surface area (TPSA) is 75.4 Å². The predicted molar refractivity (Wildman–Crippen MR) is 95.2 cm³/mol. The summed E-state index contributed by atoms with van der Waals surface area (Å²) in [5.74, 6) is -0.0426. The Bertz CT molecular complexity index is 630. The van der Waals surface area contributed by atoms with E-state index in [0.717, 1.165) is 29.4 Å². The fraction of sp³-hybridized carbons (Fsp3) is 0.316. The standard InChI is InChI=1S/C18H21FN2O.CH4O/c1-13(22)21-12-15-3-2-4-17(9-15)16-7-5-14(6-8-16)10-18(20)11-19;1-2/h2-9,18H,10-12,20H2,1H3,(H,21,22);2H,1H3. The molecule has 2 rings (SSSR count). The third-order valence-corrected chi connectivity index (χ3v) is 3.45. The minimum atomic E-state index is -0.507. The lowest BCUT2D eigenvalue weighted by Gasteiger charge is -2.09. The van der Waals surface area contributed by atoms with Gasteiger partial charge in [-0.05, 0) is 34.7 Å². The summed E-state index contributed by atoms with van der Waals surface area (Å²) in [4.78, 5) is 11.0. The van der Waals surface area contributed by atoms with Gasteiger partial charge < -0.3 is 16.2 Å². The Morgan fingerprint density at radius 3 is 2.38 bits per heavy atom. The Balaban J connectivity index is 0.00000139. The third-order valence-electron chi connectivity index (χ3n) is 3.45. The highest BCUT2D eigenvalue weighted by Gasteiger charge is 2.04. The molecule has 2 aromatic rings. The van der Waals surface area contributed by atoms with Gasteiger partial charge in [-0.2, -0.15) is 0 Å². The molecule has 4 N–H and O–H groups in total. The zero-order chi connectivity index (χ0) is 17.9. The Hall–Kier alpha value is -2.24. The number of carbonyl (C=O) groups is 1. The van der Waals surface area contributed by atoms with Gasteiger partial charge in [0.15, 0.2) is 0 Å². The summed E-state index contributed by atoms with van der Waals surface area (Å²) in [5, 5.41) is 9.79. The van der Waals surface area contributed by atoms with Crippen LogP contribution in [0.5, 0.6) is 0 Å². The van der Waals surface area contributed by atoms with E-state index >= 15 is 0 Å². The molecule has 0 aromatic heterocycles. The number of carbonyl (C=O) groups excluding carboxylic acids is 1. The van der Waals surface area contributed by atoms with Crippen LogP contribution in [0, 0.1) is 0 Å². The van der Waals surface area contributed by atoms with Crippen molar-refractivity contribution in [1.82, 2.24) is 5.32 Å². The number of aliphatic hydroxyl groups is 1. The number of amides is 1. The van der Waals surface area contributed by atoms with Crippen molar-refractivity contribution in [3.05, 3.63) is 59.7 Å². The fourth-order valence-corrected chi connectivity index (χ4v) is 2.28. The first-order chi connectivity index (χ1) is 11.6. The Morgan fingerprint density at radius 2 is 1.79 bits per heavy atom. The highest BCUT2D eigenvalue weighted by Crippen LogP contribution is 2.21. The minimum Gasteiger partial charge on any atom is -0.400 e. The van der Waals surface area contributed by atoms with E-state index in [9.17, 15) is 9.18 Å². The van der Waals surface area contributed by atoms with E-state index in [1.807, 2.05) is 42.5 Å². The highest BCUT2D eigenvalue weighted by molar-refractivity contribution is 5.73. The molecular weight excluding hydrogens is 307 g/mol. The van der Waals surface area contributed by atoms with E-state index in [-0.39, 0.29) is 5.91 Å². The summed E-state index contributed by atoms with van der Waals surface area (Å²) in [6, 6.07) is 15.6. The molecule has 130 valence electrons. The first-order valence-electron chi connectivity index (χ1n) is 7.77. The van der Waals surface area contributed by atoms with Crippen LogP contribution in [0.2, 0.25) is 0 Å². The molecule has 0 saturated carbocycles. The molecule has 1 amide bonds. The van der Waals surface area contributed by atoms with Crippen LogP contribution in [0.4, 0.5) is 4.39 Å². The van der Waals surface area contributed by atoms with Gasteiger partial charge >= 0.3 is 0 Å². The number of nitrogens with one attached hydrogen (secondary N) is 1. The summed E-state index contributed by atoms with van der Waals surface area (Å²) < 4.78 is 12.4. The average molecular weight is 332 g/mol. The predicted octanol–water partition coefficient (Wildman–Crippen LogP) is 2.44. The number of hydrogen-bond donors (Lipinski definition) is 3. The average Bonchev–Trinajstić information content (AvgIpc) is 2.62. The summed E-state index contributed by atoms with van der Waals surface area (Å²) in [7, 11) is 1.00. The van der Waals surface area contributed by atoms with Crippen molar-refractivity contribution >= 4 is 5.91 Å². The molecule has 2 aromatic carbocycles. The second kappa shape index (κ2) is 10.5. The fourth-order valence-electron chi connectivity index (χ4n) is 2.28. The first-order valence-corrected chi connectivity index (χ1v) is 7.77. The van der Waals surface area contributed by atoms with Crippen molar-refractivity contribution in [2.24, 2.45) is 5.73 Å². The van der Waals surface area contributed by atoms with Crippen LogP contribution in [0.25, 0.3) is 11.1 Å². The largest absolute Gasteiger partial charge is 0.400 e. The zero-order valence-corrected chi connectivity index (χ0v) is 14.1. The van der Waals surface area contributed by atoms with Gasteiger partial charge in [-0.3, -0.25) is 4.79 Å². The van der Waals surface area contributed by atoms with Crippen molar-refractivity contribution in [2.45, 2.75) is 25.9 Å². The summed E-state index contributed by atoms with van der Waals surface area (Å²) in [5.41, 5.74) is 9.88. The molecule has 0 aliphatic carbocycles. The van der Waals surface area contributed by atoms with Crippen molar-refractivity contribution in [3.8, 4) is 11.1 Å². The van der Waals surface area contributed by atoms with Gasteiger partial charge in [0.25, 0.3) is 0 Å². The van der Waals surface area contributed by atoms with Crippen LogP contribution >= 0.6 is 0 Å². The van der Waals surface area contributed by atoms with Crippen LogP contribution in [-0.2, 0) is 17.8 Å². The molecule has 0 bridgehead atoms. The number of rotatable bonds is 6. The van der Waals surface area contributed by atoms with Gasteiger partial charge in [-0.1, -0.05) is 42.5 Å². The monoisotopic (exact) mass is 332 g/mol. The lowest BCUT2D eigenvalue weighted by Crippen LogP contribution is -2.24. The van der Waals surface area contributed by atoms with Crippen molar-refractivity contribution < 1.29 is 14.3 Å². The lowest BCUT2D eigenvalue weighted by molar-refractivity contribution is -0.119. The molecular formula is C19H25FN2O2. The molecule has 0 radical (unpaired) electrons. The third kappa shape index (κ3) is 6.48. The molecule has 5 heteroatoms. The highest BCUT2D eigenvalue weighted by atomic mass is 19.1. The molecule has 4 nitrogen and oxygen atoms in total. The summed E-state index contributed by atoms with van der Waals surface area (Å²) in [6.45, 7) is 1.52. The van der Waals surface area contributed by atoms with Crippen LogP contribution < -0.4 is 11.1 Å². The quantitative estimate of drug-likeness (QED) is 0.760. The Labute approximate surface area is 142 Å². The van der Waals surface area contributed by atoms with Crippen molar-refractivity contribution in [2.75, 3.05) is 13.8 Å². The molecule has 1 unspecified atom stereocenters. The number of halogens is 1. The molecule has 0 saturated heterocycles. The number of hydrogen-bond acceptors (Lipinski definition) is 3. The first kappa shape index (κ1) is 19.8. The maximum Gasteiger partial charge on any atom is 0.217 e. The molecule has 24 heavy (non-hydrogen) atoms. The van der Waals surface area contributed by atoms with E-state index in [1.165, 1.54) is 6.92 Å². The van der Waals surface area contributed by atoms with E-state index < -0.39 is 12.7 Å². The van der Waals surface area contributed by atoms with Gasteiger partial charge in [0.2, 0.25) is 5.91 Å². The van der Waals surface area contributed by atoms with Crippen LogP contribution in [0.3, 0.4) is 0 Å². The molecule has 0 spiro atoms. The molecule has 0 aliphatic heterocycles. The summed E-state index contributed by atoms with van der Waals surface area (Å²) in [6.07, 6.45) is 0.541. The number of nitrogens with two attached hydrogens (primary N) is 1. The van der Waals surface area contributed by atoms with Gasteiger partial charge in [0.05, 0.1) is 0 Å². The smallest absolute Gasteiger partial charge is 0.217 e. The lowest BCUT2D eigenvalue weighted by atomic mass is 10.00. The minimum absolute atomic E-state index is 0.0426. The van der Waals surface area contributed by atoms with E-state index in [2.05, 4.69) is 11.4 Å². The second-order valence-corrected chi connectivity index (χ2v) is 5.43. The van der Waals surface area contributed by atoms with Crippen LogP contribution in [0.15, 0.2) is 48.5 Å². The van der Waals surface area contributed by atoms with Crippen LogP contribution in [-0.4, -0.2) is 30.8 Å². The Kier molecular flexibility index (Phi) is 8.68. The number of alkyl halides is 1. The Morgan fingerprint density at radius 1 is 1.12 bits per heavy atom. The maximum absolute atomic E-state index is 12.4. The second-order valence-electron chi connectivity index (χ2n) is 5.43. The number of aliphatic hydroxyl groups excluding tert-OH is 1. The molecule has 0 fully saturated rings. The van der Waals surface area contributed by atoms with Crippen LogP contribution in [0.1, 0.15) is 18.1 Å². The molecule has 1 atom stereocenters. The maximum atomic E-state index is 12.4. The van der Waals surface area contributed by atoms with Gasteiger partial charge in [-0.15, -0.1) is 0 Å². The molecule has 0 aliphatic rings. The molecule has 0 heterocycles. The van der Waals surface area contributed by atoms with Gasteiger partial charge in [0, 0.05) is 26.6 Å². The zero-order valence-electron chi connectivity index (χ0n) is 14.1. The van der Waals surface area contributed by atoms with Crippen molar-refractivity contribution in [3.63, 3.8) is 0 Å².